The van der Waals surface area contributed by atoms with E-state index in [1.54, 1.807) is 0 Å². The first kappa shape index (κ1) is 16.3. The maximum Gasteiger partial charge on any atom is 0.228 e. The highest BCUT2D eigenvalue weighted by atomic mass is 79.9. The standard InChI is InChI=1S/C17H24BrNO2/c1-4-21-15-8-7-13(10-12(15)11-18)19-16(20)14-6-5-9-17(14,2)3/h7-8,10,14H,4-6,9,11H2,1-3H3,(H,19,20). The van der Waals surface area contributed by atoms with Crippen LogP contribution >= 0.6 is 15.9 Å². The maximum atomic E-state index is 12.5. The van der Waals surface area contributed by atoms with Crippen LogP contribution in [0.3, 0.4) is 0 Å². The van der Waals surface area contributed by atoms with E-state index in [0.29, 0.717) is 11.9 Å². The van der Waals surface area contributed by atoms with Gasteiger partial charge in [-0.05, 0) is 43.4 Å². The molecule has 2 rings (SSSR count). The molecule has 0 spiro atoms. The van der Waals surface area contributed by atoms with Gasteiger partial charge in [0, 0.05) is 22.5 Å². The van der Waals surface area contributed by atoms with Crippen LogP contribution in [-0.4, -0.2) is 12.5 Å². The molecule has 0 aliphatic heterocycles. The molecule has 1 N–H and O–H groups in total. The number of carbonyl (C=O) groups excluding carboxylic acids is 1. The van der Waals surface area contributed by atoms with Gasteiger partial charge in [0.05, 0.1) is 6.61 Å². The first-order valence-electron chi connectivity index (χ1n) is 7.60. The van der Waals surface area contributed by atoms with E-state index < -0.39 is 0 Å². The molecule has 1 aliphatic rings. The minimum Gasteiger partial charge on any atom is -0.494 e. The highest BCUT2D eigenvalue weighted by molar-refractivity contribution is 9.08. The zero-order chi connectivity index (χ0) is 15.5. The highest BCUT2D eigenvalue weighted by Gasteiger charge is 2.39. The molecule has 116 valence electrons. The molecule has 1 saturated carbocycles. The summed E-state index contributed by atoms with van der Waals surface area (Å²) in [7, 11) is 0. The van der Waals surface area contributed by atoms with E-state index in [-0.39, 0.29) is 17.2 Å². The minimum atomic E-state index is 0.105. The van der Waals surface area contributed by atoms with Crippen LogP contribution in [0, 0.1) is 11.3 Å². The number of halogens is 1. The Hall–Kier alpha value is -1.03. The monoisotopic (exact) mass is 353 g/mol. The summed E-state index contributed by atoms with van der Waals surface area (Å²) in [5.74, 6) is 1.12. The number of benzene rings is 1. The quantitative estimate of drug-likeness (QED) is 0.776. The molecule has 0 bridgehead atoms. The van der Waals surface area contributed by atoms with Gasteiger partial charge < -0.3 is 10.1 Å². The van der Waals surface area contributed by atoms with Crippen LogP contribution in [0.1, 0.15) is 45.6 Å². The van der Waals surface area contributed by atoms with Crippen molar-refractivity contribution in [2.75, 3.05) is 11.9 Å². The molecule has 0 radical (unpaired) electrons. The van der Waals surface area contributed by atoms with Crippen molar-refractivity contribution >= 4 is 27.5 Å². The van der Waals surface area contributed by atoms with E-state index in [9.17, 15) is 4.79 Å². The number of alkyl halides is 1. The molecule has 1 amide bonds. The summed E-state index contributed by atoms with van der Waals surface area (Å²) in [4.78, 5) is 12.5. The van der Waals surface area contributed by atoms with Gasteiger partial charge in [0.1, 0.15) is 5.75 Å². The second-order valence-corrected chi connectivity index (χ2v) is 6.87. The van der Waals surface area contributed by atoms with Crippen LogP contribution in [0.5, 0.6) is 5.75 Å². The smallest absolute Gasteiger partial charge is 0.228 e. The van der Waals surface area contributed by atoms with Crippen molar-refractivity contribution in [3.8, 4) is 5.75 Å². The summed E-state index contributed by atoms with van der Waals surface area (Å²) in [6.45, 7) is 6.98. The average molecular weight is 354 g/mol. The van der Waals surface area contributed by atoms with E-state index >= 15 is 0 Å². The molecule has 1 atom stereocenters. The molecule has 0 heterocycles. The summed E-state index contributed by atoms with van der Waals surface area (Å²) < 4.78 is 5.58. The van der Waals surface area contributed by atoms with Crippen molar-refractivity contribution in [1.29, 1.82) is 0 Å². The second-order valence-electron chi connectivity index (χ2n) is 6.31. The molecule has 1 unspecified atom stereocenters. The predicted molar refractivity (Wildman–Crippen MR) is 90.0 cm³/mol. The van der Waals surface area contributed by atoms with Crippen molar-refractivity contribution < 1.29 is 9.53 Å². The zero-order valence-electron chi connectivity index (χ0n) is 13.0. The molecule has 1 aromatic rings. The summed E-state index contributed by atoms with van der Waals surface area (Å²) in [5.41, 5.74) is 2.01. The molecule has 4 heteroatoms. The average Bonchev–Trinajstić information content (AvgIpc) is 2.80. The van der Waals surface area contributed by atoms with E-state index in [4.69, 9.17) is 4.74 Å². The van der Waals surface area contributed by atoms with Crippen molar-refractivity contribution in [3.63, 3.8) is 0 Å². The molecular formula is C17H24BrNO2. The van der Waals surface area contributed by atoms with Crippen molar-refractivity contribution in [2.45, 2.75) is 45.4 Å². The number of rotatable bonds is 5. The van der Waals surface area contributed by atoms with Crippen LogP contribution in [0.25, 0.3) is 0 Å². The van der Waals surface area contributed by atoms with Gasteiger partial charge in [-0.15, -0.1) is 0 Å². The van der Waals surface area contributed by atoms with Gasteiger partial charge in [0.25, 0.3) is 0 Å². The minimum absolute atomic E-state index is 0.105. The van der Waals surface area contributed by atoms with Gasteiger partial charge in [0.15, 0.2) is 0 Å². The highest BCUT2D eigenvalue weighted by Crippen LogP contribution is 2.43. The van der Waals surface area contributed by atoms with Gasteiger partial charge in [-0.1, -0.05) is 36.2 Å². The van der Waals surface area contributed by atoms with E-state index in [1.165, 1.54) is 0 Å². The zero-order valence-corrected chi connectivity index (χ0v) is 14.6. The van der Waals surface area contributed by atoms with E-state index in [0.717, 1.165) is 36.3 Å². The number of hydrogen-bond donors (Lipinski definition) is 1. The van der Waals surface area contributed by atoms with Crippen LogP contribution in [-0.2, 0) is 10.1 Å². The number of amides is 1. The SMILES string of the molecule is CCOc1ccc(NC(=O)C2CCCC2(C)C)cc1CBr. The Balaban J connectivity index is 2.11. The van der Waals surface area contributed by atoms with Gasteiger partial charge in [-0.3, -0.25) is 4.79 Å². The van der Waals surface area contributed by atoms with Crippen LogP contribution in [0.15, 0.2) is 18.2 Å². The molecule has 1 aromatic carbocycles. The Morgan fingerprint density at radius 1 is 1.48 bits per heavy atom. The number of anilines is 1. The Morgan fingerprint density at radius 2 is 2.24 bits per heavy atom. The summed E-state index contributed by atoms with van der Waals surface area (Å²) in [6, 6.07) is 5.83. The van der Waals surface area contributed by atoms with Gasteiger partial charge in [-0.25, -0.2) is 0 Å². The van der Waals surface area contributed by atoms with Crippen LogP contribution in [0.2, 0.25) is 0 Å². The van der Waals surface area contributed by atoms with Gasteiger partial charge in [-0.2, -0.15) is 0 Å². The fourth-order valence-electron chi connectivity index (χ4n) is 3.10. The van der Waals surface area contributed by atoms with Crippen molar-refractivity contribution in [2.24, 2.45) is 11.3 Å². The lowest BCUT2D eigenvalue weighted by molar-refractivity contribution is -0.122. The second kappa shape index (κ2) is 6.82. The predicted octanol–water partition coefficient (Wildman–Crippen LogP) is 4.75. The fourth-order valence-corrected chi connectivity index (χ4v) is 3.54. The van der Waals surface area contributed by atoms with Crippen molar-refractivity contribution in [1.82, 2.24) is 0 Å². The summed E-state index contributed by atoms with van der Waals surface area (Å²) >= 11 is 3.47. The number of hydrogen-bond acceptors (Lipinski definition) is 2. The molecule has 21 heavy (non-hydrogen) atoms. The Kier molecular flexibility index (Phi) is 5.31. The van der Waals surface area contributed by atoms with E-state index in [1.807, 2.05) is 25.1 Å². The lowest BCUT2D eigenvalue weighted by atomic mass is 9.81. The van der Waals surface area contributed by atoms with E-state index in [2.05, 4.69) is 35.1 Å². The van der Waals surface area contributed by atoms with Crippen LogP contribution < -0.4 is 10.1 Å². The third-order valence-corrected chi connectivity index (χ3v) is 4.95. The topological polar surface area (TPSA) is 38.3 Å². The molecule has 1 aliphatic carbocycles. The van der Waals surface area contributed by atoms with Gasteiger partial charge in [0.2, 0.25) is 5.91 Å². The Labute approximate surface area is 135 Å². The first-order chi connectivity index (χ1) is 9.97. The summed E-state index contributed by atoms with van der Waals surface area (Å²) in [6.07, 6.45) is 3.25. The number of carbonyl (C=O) groups is 1. The summed E-state index contributed by atoms with van der Waals surface area (Å²) in [5, 5.41) is 3.78. The van der Waals surface area contributed by atoms with Gasteiger partial charge >= 0.3 is 0 Å². The molecule has 0 saturated heterocycles. The lowest BCUT2D eigenvalue weighted by Gasteiger charge is -2.26. The molecule has 3 nitrogen and oxygen atoms in total. The molecular weight excluding hydrogens is 330 g/mol. The molecule has 1 fully saturated rings. The third-order valence-electron chi connectivity index (χ3n) is 4.35. The number of nitrogens with one attached hydrogen (secondary N) is 1. The fraction of sp³-hybridized carbons (Fsp3) is 0.588. The Bertz CT molecular complexity index is 514. The van der Waals surface area contributed by atoms with Crippen molar-refractivity contribution in [3.05, 3.63) is 23.8 Å². The van der Waals surface area contributed by atoms with Crippen LogP contribution in [0.4, 0.5) is 5.69 Å². The number of ether oxygens (including phenoxy) is 1. The normalized spacial score (nSPS) is 20.3. The first-order valence-corrected chi connectivity index (χ1v) is 8.72. The largest absolute Gasteiger partial charge is 0.494 e. The third kappa shape index (κ3) is 3.79. The molecule has 0 aromatic heterocycles. The Morgan fingerprint density at radius 3 is 2.81 bits per heavy atom. The maximum absolute atomic E-state index is 12.5. The lowest BCUT2D eigenvalue weighted by Crippen LogP contribution is -2.30.